The lowest BCUT2D eigenvalue weighted by atomic mass is 9.99. The Morgan fingerprint density at radius 1 is 0.719 bits per heavy atom. The summed E-state index contributed by atoms with van der Waals surface area (Å²) in [5, 5.41) is 10.1. The van der Waals surface area contributed by atoms with Gasteiger partial charge in [-0.05, 0) is 53.4 Å². The molecule has 4 nitrogen and oxygen atoms in total. The van der Waals surface area contributed by atoms with Gasteiger partial charge in [-0.15, -0.1) is 11.3 Å². The second-order valence-electron chi connectivity index (χ2n) is 8.02. The van der Waals surface area contributed by atoms with Crippen LogP contribution in [-0.2, 0) is 0 Å². The number of rotatable bonds is 6. The Balaban J connectivity index is 1.43. The Bertz CT molecular complexity index is 1320. The molecule has 2 N–H and O–H groups in total. The van der Waals surface area contributed by atoms with E-state index in [4.69, 9.17) is 0 Å². The lowest BCUT2D eigenvalue weighted by Gasteiger charge is -2.11. The van der Waals surface area contributed by atoms with Crippen LogP contribution >= 0.6 is 11.3 Å². The van der Waals surface area contributed by atoms with Crippen molar-refractivity contribution in [1.82, 2.24) is 9.97 Å². The average Bonchev–Trinajstić information content (AvgIpc) is 3.26. The number of hydrogen-bond acceptors (Lipinski definition) is 5. The molecule has 0 aliphatic carbocycles. The largest absolute Gasteiger partial charge is 0.356 e. The fourth-order valence-corrected chi connectivity index (χ4v) is 4.61. The number of benzene rings is 3. The summed E-state index contributed by atoms with van der Waals surface area (Å²) in [6, 6.07) is 27.2. The fourth-order valence-electron chi connectivity index (χ4n) is 3.69. The molecule has 0 radical (unpaired) electrons. The first-order valence-corrected chi connectivity index (χ1v) is 11.6. The van der Waals surface area contributed by atoms with Crippen LogP contribution in [0.25, 0.3) is 21.3 Å². The van der Waals surface area contributed by atoms with Crippen LogP contribution in [0.2, 0.25) is 0 Å². The molecule has 0 fully saturated rings. The lowest BCUT2D eigenvalue weighted by molar-refractivity contribution is 0.867. The van der Waals surface area contributed by atoms with E-state index >= 15 is 0 Å². The van der Waals surface area contributed by atoms with E-state index in [0.29, 0.717) is 5.92 Å². The molecule has 5 rings (SSSR count). The number of para-hydroxylation sites is 1. The third kappa shape index (κ3) is 4.20. The highest BCUT2D eigenvalue weighted by molar-refractivity contribution is 7.17. The number of nitrogens with zero attached hydrogens (tertiary/aromatic N) is 2. The molecular formula is C27H24N4S. The van der Waals surface area contributed by atoms with Gasteiger partial charge in [-0.1, -0.05) is 56.3 Å². The van der Waals surface area contributed by atoms with Crippen LogP contribution < -0.4 is 10.6 Å². The van der Waals surface area contributed by atoms with E-state index in [2.05, 4.69) is 100 Å². The maximum Gasteiger partial charge on any atom is 0.143 e. The summed E-state index contributed by atoms with van der Waals surface area (Å²) >= 11 is 1.65. The highest BCUT2D eigenvalue weighted by atomic mass is 32.1. The number of anilines is 4. The van der Waals surface area contributed by atoms with Crippen molar-refractivity contribution in [3.8, 4) is 11.1 Å². The van der Waals surface area contributed by atoms with Gasteiger partial charge in [0, 0.05) is 28.0 Å². The van der Waals surface area contributed by atoms with Crippen LogP contribution in [0.3, 0.4) is 0 Å². The highest BCUT2D eigenvalue weighted by Gasteiger charge is 2.14. The average molecular weight is 437 g/mol. The zero-order chi connectivity index (χ0) is 21.9. The van der Waals surface area contributed by atoms with Crippen molar-refractivity contribution in [2.45, 2.75) is 19.8 Å². The normalized spacial score (nSPS) is 11.1. The first-order valence-electron chi connectivity index (χ1n) is 10.7. The standard InChI is InChI=1S/C27H24N4S/c1-18(2)19-8-10-20(11-9-19)24-16-32-27-25(24)26(28-17-29-27)31-23-14-12-22(13-15-23)30-21-6-4-3-5-7-21/h3-18,30H,1-2H3,(H,28,29,31). The minimum Gasteiger partial charge on any atom is -0.356 e. The predicted octanol–water partition coefficient (Wildman–Crippen LogP) is 7.97. The van der Waals surface area contributed by atoms with Crippen LogP contribution in [0.1, 0.15) is 25.3 Å². The third-order valence-corrected chi connectivity index (χ3v) is 6.36. The van der Waals surface area contributed by atoms with E-state index in [-0.39, 0.29) is 0 Å². The quantitative estimate of drug-likeness (QED) is 0.283. The predicted molar refractivity (Wildman–Crippen MR) is 136 cm³/mol. The van der Waals surface area contributed by atoms with Gasteiger partial charge in [0.05, 0.1) is 5.39 Å². The Morgan fingerprint density at radius 2 is 1.38 bits per heavy atom. The van der Waals surface area contributed by atoms with Gasteiger partial charge < -0.3 is 10.6 Å². The van der Waals surface area contributed by atoms with Crippen molar-refractivity contribution < 1.29 is 0 Å². The Hall–Kier alpha value is -3.70. The van der Waals surface area contributed by atoms with Gasteiger partial charge in [-0.3, -0.25) is 0 Å². The topological polar surface area (TPSA) is 49.8 Å². The number of fused-ring (bicyclic) bond motifs is 1. The Kier molecular flexibility index (Phi) is 5.57. The molecule has 2 aromatic heterocycles. The monoisotopic (exact) mass is 436 g/mol. The van der Waals surface area contributed by atoms with Crippen LogP contribution in [0.5, 0.6) is 0 Å². The summed E-state index contributed by atoms with van der Waals surface area (Å²) < 4.78 is 0. The summed E-state index contributed by atoms with van der Waals surface area (Å²) in [4.78, 5) is 10.0. The van der Waals surface area contributed by atoms with Crippen molar-refractivity contribution >= 4 is 44.4 Å². The number of thiophene rings is 1. The first-order chi connectivity index (χ1) is 15.7. The molecule has 0 spiro atoms. The summed E-state index contributed by atoms with van der Waals surface area (Å²) in [7, 11) is 0. The molecule has 0 saturated carbocycles. The molecule has 158 valence electrons. The van der Waals surface area contributed by atoms with Crippen LogP contribution in [0.4, 0.5) is 22.9 Å². The van der Waals surface area contributed by atoms with Gasteiger partial charge in [0.1, 0.15) is 17.0 Å². The number of nitrogens with one attached hydrogen (secondary N) is 2. The van der Waals surface area contributed by atoms with E-state index in [1.54, 1.807) is 17.7 Å². The van der Waals surface area contributed by atoms with E-state index in [1.807, 2.05) is 18.2 Å². The third-order valence-electron chi connectivity index (χ3n) is 5.47. The smallest absolute Gasteiger partial charge is 0.143 e. The van der Waals surface area contributed by atoms with Crippen molar-refractivity contribution in [2.24, 2.45) is 0 Å². The Morgan fingerprint density at radius 3 is 2.06 bits per heavy atom. The minimum atomic E-state index is 0.517. The van der Waals surface area contributed by atoms with Gasteiger partial charge in [0.2, 0.25) is 0 Å². The molecule has 0 saturated heterocycles. The van der Waals surface area contributed by atoms with E-state index in [0.717, 1.165) is 38.7 Å². The summed E-state index contributed by atoms with van der Waals surface area (Å²) in [5.74, 6) is 1.34. The maximum absolute atomic E-state index is 4.57. The van der Waals surface area contributed by atoms with Crippen molar-refractivity contribution in [1.29, 1.82) is 0 Å². The molecule has 0 unspecified atom stereocenters. The molecule has 0 atom stereocenters. The van der Waals surface area contributed by atoms with E-state index in [9.17, 15) is 0 Å². The summed E-state index contributed by atoms with van der Waals surface area (Å²) in [6.45, 7) is 4.43. The Labute approximate surface area is 192 Å². The molecule has 0 amide bonds. The van der Waals surface area contributed by atoms with Gasteiger partial charge in [-0.25, -0.2) is 9.97 Å². The molecule has 0 bridgehead atoms. The molecule has 32 heavy (non-hydrogen) atoms. The molecule has 5 heteroatoms. The van der Waals surface area contributed by atoms with Gasteiger partial charge in [0.15, 0.2) is 0 Å². The van der Waals surface area contributed by atoms with Crippen molar-refractivity contribution in [3.63, 3.8) is 0 Å². The van der Waals surface area contributed by atoms with Crippen LogP contribution in [-0.4, -0.2) is 9.97 Å². The second-order valence-corrected chi connectivity index (χ2v) is 8.88. The van der Waals surface area contributed by atoms with Gasteiger partial charge in [-0.2, -0.15) is 0 Å². The molecule has 0 aliphatic heterocycles. The zero-order valence-electron chi connectivity index (χ0n) is 18.0. The summed E-state index contributed by atoms with van der Waals surface area (Å²) in [5.41, 5.74) is 6.77. The fraction of sp³-hybridized carbons (Fsp3) is 0.111. The van der Waals surface area contributed by atoms with E-state index in [1.165, 1.54) is 11.1 Å². The summed E-state index contributed by atoms with van der Waals surface area (Å²) in [6.07, 6.45) is 1.62. The SMILES string of the molecule is CC(C)c1ccc(-c2csc3ncnc(Nc4ccc(Nc5ccccc5)cc4)c23)cc1. The maximum atomic E-state index is 4.57. The lowest BCUT2D eigenvalue weighted by Crippen LogP contribution is -1.96. The molecule has 3 aromatic carbocycles. The molecule has 5 aromatic rings. The minimum absolute atomic E-state index is 0.517. The molecule has 2 heterocycles. The van der Waals surface area contributed by atoms with Gasteiger partial charge >= 0.3 is 0 Å². The first kappa shape index (κ1) is 20.2. The van der Waals surface area contributed by atoms with Crippen molar-refractivity contribution in [2.75, 3.05) is 10.6 Å². The van der Waals surface area contributed by atoms with Crippen molar-refractivity contribution in [3.05, 3.63) is 96.1 Å². The van der Waals surface area contributed by atoms with Gasteiger partial charge in [0.25, 0.3) is 0 Å². The van der Waals surface area contributed by atoms with Crippen LogP contribution in [0.15, 0.2) is 90.6 Å². The second kappa shape index (κ2) is 8.81. The molecular weight excluding hydrogens is 412 g/mol. The van der Waals surface area contributed by atoms with Crippen LogP contribution in [0, 0.1) is 0 Å². The zero-order valence-corrected chi connectivity index (χ0v) is 18.9. The number of aromatic nitrogens is 2. The number of hydrogen-bond donors (Lipinski definition) is 2. The van der Waals surface area contributed by atoms with E-state index < -0.39 is 0 Å². The highest BCUT2D eigenvalue weighted by Crippen LogP contribution is 2.38. The molecule has 0 aliphatic rings.